The van der Waals surface area contributed by atoms with E-state index < -0.39 is 17.6 Å². The van der Waals surface area contributed by atoms with Crippen molar-refractivity contribution in [2.75, 3.05) is 23.3 Å². The van der Waals surface area contributed by atoms with E-state index in [2.05, 4.69) is 32.3 Å². The van der Waals surface area contributed by atoms with Gasteiger partial charge in [0.1, 0.15) is 5.65 Å². The van der Waals surface area contributed by atoms with E-state index in [4.69, 9.17) is 0 Å². The van der Waals surface area contributed by atoms with Gasteiger partial charge < -0.3 is 15.2 Å². The number of anilines is 2. The Morgan fingerprint density at radius 3 is 2.47 bits per heavy atom. The SMILES string of the molecule is Cc1ccc(C(=O)Nc2cccc(C(F)(F)F)c2)cc1.c1cc(N2CCCC2)c2cc[nH]c2n1. The topological polar surface area (TPSA) is 61.0 Å². The minimum atomic E-state index is -4.43. The third-order valence-electron chi connectivity index (χ3n) is 5.65. The van der Waals surface area contributed by atoms with Crippen LogP contribution in [0.15, 0.2) is 73.1 Å². The van der Waals surface area contributed by atoms with Gasteiger partial charge in [-0.1, -0.05) is 23.8 Å². The summed E-state index contributed by atoms with van der Waals surface area (Å²) in [5.74, 6) is -0.440. The van der Waals surface area contributed by atoms with Gasteiger partial charge in [0.05, 0.1) is 5.56 Å². The number of hydrogen-bond acceptors (Lipinski definition) is 3. The number of nitrogens with zero attached hydrogens (tertiary/aromatic N) is 2. The monoisotopic (exact) mass is 466 g/mol. The highest BCUT2D eigenvalue weighted by molar-refractivity contribution is 6.04. The number of aromatic nitrogens is 2. The Kier molecular flexibility index (Phi) is 6.86. The van der Waals surface area contributed by atoms with Crippen LogP contribution in [-0.4, -0.2) is 29.0 Å². The number of benzene rings is 2. The summed E-state index contributed by atoms with van der Waals surface area (Å²) in [6, 6.07) is 15.5. The first-order valence-electron chi connectivity index (χ1n) is 11.0. The second kappa shape index (κ2) is 9.99. The zero-order chi connectivity index (χ0) is 24.1. The number of aromatic amines is 1. The van der Waals surface area contributed by atoms with Crippen molar-refractivity contribution in [2.24, 2.45) is 0 Å². The molecule has 3 heterocycles. The minimum Gasteiger partial charge on any atom is -0.371 e. The van der Waals surface area contributed by atoms with E-state index in [9.17, 15) is 18.0 Å². The van der Waals surface area contributed by atoms with Crippen LogP contribution >= 0.6 is 0 Å². The molecule has 1 aliphatic heterocycles. The molecule has 34 heavy (non-hydrogen) atoms. The summed E-state index contributed by atoms with van der Waals surface area (Å²) in [5, 5.41) is 3.70. The van der Waals surface area contributed by atoms with Crippen molar-refractivity contribution in [1.82, 2.24) is 9.97 Å². The van der Waals surface area contributed by atoms with Crippen molar-refractivity contribution in [3.8, 4) is 0 Å². The Morgan fingerprint density at radius 2 is 1.76 bits per heavy atom. The van der Waals surface area contributed by atoms with E-state index in [1.807, 2.05) is 19.3 Å². The quantitative estimate of drug-likeness (QED) is 0.366. The van der Waals surface area contributed by atoms with Crippen LogP contribution in [0.4, 0.5) is 24.5 Å². The van der Waals surface area contributed by atoms with Crippen LogP contribution in [0.5, 0.6) is 0 Å². The van der Waals surface area contributed by atoms with Gasteiger partial charge in [-0.2, -0.15) is 13.2 Å². The van der Waals surface area contributed by atoms with E-state index in [0.717, 1.165) is 23.3 Å². The maximum absolute atomic E-state index is 12.6. The molecule has 0 aliphatic carbocycles. The van der Waals surface area contributed by atoms with E-state index in [1.54, 1.807) is 24.3 Å². The van der Waals surface area contributed by atoms with Crippen molar-refractivity contribution in [2.45, 2.75) is 25.9 Å². The smallest absolute Gasteiger partial charge is 0.371 e. The number of nitrogens with one attached hydrogen (secondary N) is 2. The average Bonchev–Trinajstić information content (AvgIpc) is 3.52. The van der Waals surface area contributed by atoms with Crippen molar-refractivity contribution in [3.63, 3.8) is 0 Å². The predicted octanol–water partition coefficient (Wildman–Crippen LogP) is 6.43. The van der Waals surface area contributed by atoms with Gasteiger partial charge in [-0.25, -0.2) is 4.98 Å². The van der Waals surface area contributed by atoms with Crippen LogP contribution in [-0.2, 0) is 6.18 Å². The number of alkyl halides is 3. The molecular formula is C26H25F3N4O. The van der Waals surface area contributed by atoms with Crippen molar-refractivity contribution in [1.29, 1.82) is 0 Å². The Hall–Kier alpha value is -3.81. The summed E-state index contributed by atoms with van der Waals surface area (Å²) in [6.45, 7) is 4.25. The molecule has 1 amide bonds. The minimum absolute atomic E-state index is 0.116. The number of halogens is 3. The molecule has 0 radical (unpaired) electrons. The van der Waals surface area contributed by atoms with Crippen molar-refractivity contribution >= 4 is 28.3 Å². The number of carbonyl (C=O) groups is 1. The number of rotatable bonds is 3. The highest BCUT2D eigenvalue weighted by Gasteiger charge is 2.30. The Morgan fingerprint density at radius 1 is 1.03 bits per heavy atom. The van der Waals surface area contributed by atoms with Gasteiger partial charge in [-0.05, 0) is 62.2 Å². The standard InChI is InChI=1S/C15H12F3NO.C11H13N3/c1-10-5-7-11(8-6-10)14(20)19-13-4-2-3-12(9-13)15(16,17)18;1-2-8-14(7-1)10-4-6-13-11-9(10)3-5-12-11/h2-9H,1H3,(H,19,20);3-6H,1-2,7-8H2,(H,12,13). The van der Waals surface area contributed by atoms with Gasteiger partial charge >= 0.3 is 6.18 Å². The van der Waals surface area contributed by atoms with Gasteiger partial charge in [0.2, 0.25) is 0 Å². The molecule has 2 aromatic carbocycles. The fraction of sp³-hybridized carbons (Fsp3) is 0.231. The highest BCUT2D eigenvalue weighted by atomic mass is 19.4. The van der Waals surface area contributed by atoms with Crippen molar-refractivity contribution in [3.05, 3.63) is 89.7 Å². The normalized spacial score (nSPS) is 13.5. The molecule has 176 valence electrons. The fourth-order valence-corrected chi connectivity index (χ4v) is 3.86. The van der Waals surface area contributed by atoms with E-state index >= 15 is 0 Å². The van der Waals surface area contributed by atoms with Crippen LogP contribution in [0, 0.1) is 6.92 Å². The fourth-order valence-electron chi connectivity index (χ4n) is 3.86. The number of amides is 1. The molecule has 5 nitrogen and oxygen atoms in total. The second-order valence-electron chi connectivity index (χ2n) is 8.16. The molecule has 1 saturated heterocycles. The molecule has 5 rings (SSSR count). The lowest BCUT2D eigenvalue weighted by atomic mass is 10.1. The summed E-state index contributed by atoms with van der Waals surface area (Å²) >= 11 is 0. The number of aryl methyl sites for hydroxylation is 1. The van der Waals surface area contributed by atoms with Crippen LogP contribution in [0.2, 0.25) is 0 Å². The molecule has 0 unspecified atom stereocenters. The molecule has 2 aromatic heterocycles. The number of H-pyrrole nitrogens is 1. The zero-order valence-corrected chi connectivity index (χ0v) is 18.7. The molecule has 1 fully saturated rings. The van der Waals surface area contributed by atoms with Crippen LogP contribution < -0.4 is 10.2 Å². The van der Waals surface area contributed by atoms with Gasteiger partial charge in [0, 0.05) is 47.8 Å². The van der Waals surface area contributed by atoms with E-state index in [1.165, 1.54) is 49.1 Å². The summed E-state index contributed by atoms with van der Waals surface area (Å²) in [4.78, 5) is 21.8. The molecule has 0 atom stereocenters. The molecule has 0 saturated carbocycles. The Balaban J connectivity index is 0.000000170. The maximum Gasteiger partial charge on any atom is 0.416 e. The first-order valence-corrected chi connectivity index (χ1v) is 11.0. The van der Waals surface area contributed by atoms with Gasteiger partial charge in [-0.3, -0.25) is 4.79 Å². The van der Waals surface area contributed by atoms with Crippen LogP contribution in [0.25, 0.3) is 11.0 Å². The number of fused-ring (bicyclic) bond motifs is 1. The van der Waals surface area contributed by atoms with E-state index in [0.29, 0.717) is 5.56 Å². The Labute approximate surface area is 195 Å². The lowest BCUT2D eigenvalue weighted by Gasteiger charge is -2.17. The van der Waals surface area contributed by atoms with Crippen LogP contribution in [0.3, 0.4) is 0 Å². The van der Waals surface area contributed by atoms with Crippen molar-refractivity contribution < 1.29 is 18.0 Å². The molecule has 1 aliphatic rings. The third kappa shape index (κ3) is 5.57. The average molecular weight is 467 g/mol. The highest BCUT2D eigenvalue weighted by Crippen LogP contribution is 2.31. The number of hydrogen-bond donors (Lipinski definition) is 2. The summed E-state index contributed by atoms with van der Waals surface area (Å²) in [7, 11) is 0. The molecule has 2 N–H and O–H groups in total. The first-order chi connectivity index (χ1) is 16.3. The molecule has 0 spiro atoms. The second-order valence-corrected chi connectivity index (χ2v) is 8.16. The molecular weight excluding hydrogens is 441 g/mol. The maximum atomic E-state index is 12.6. The zero-order valence-electron chi connectivity index (χ0n) is 18.7. The molecule has 0 bridgehead atoms. The lowest BCUT2D eigenvalue weighted by Crippen LogP contribution is -2.17. The lowest BCUT2D eigenvalue weighted by molar-refractivity contribution is -0.137. The van der Waals surface area contributed by atoms with Gasteiger partial charge in [-0.15, -0.1) is 0 Å². The summed E-state index contributed by atoms with van der Waals surface area (Å²) in [5.41, 5.74) is 3.04. The third-order valence-corrected chi connectivity index (χ3v) is 5.65. The first kappa shape index (κ1) is 23.4. The largest absolute Gasteiger partial charge is 0.416 e. The summed E-state index contributed by atoms with van der Waals surface area (Å²) < 4.78 is 37.7. The molecule has 4 aromatic rings. The predicted molar refractivity (Wildman–Crippen MR) is 128 cm³/mol. The van der Waals surface area contributed by atoms with Gasteiger partial charge in [0.15, 0.2) is 0 Å². The van der Waals surface area contributed by atoms with Crippen LogP contribution in [0.1, 0.15) is 34.3 Å². The summed E-state index contributed by atoms with van der Waals surface area (Å²) in [6.07, 6.45) is 2.04. The van der Waals surface area contributed by atoms with Gasteiger partial charge in [0.25, 0.3) is 5.91 Å². The molecule has 8 heteroatoms. The Bertz CT molecular complexity index is 1260. The van der Waals surface area contributed by atoms with E-state index in [-0.39, 0.29) is 5.69 Å². The number of pyridine rings is 1. The number of carbonyl (C=O) groups excluding carboxylic acids is 1.